The molecule has 38 heavy (non-hydrogen) atoms. The van der Waals surface area contributed by atoms with E-state index >= 15 is 0 Å². The largest absolute Gasteiger partial charge is 0.394 e. The predicted octanol–water partition coefficient (Wildman–Crippen LogP) is 1.17. The van der Waals surface area contributed by atoms with Gasteiger partial charge in [-0.1, -0.05) is 10.4 Å². The fourth-order valence-electron chi connectivity index (χ4n) is 4.96. The lowest BCUT2D eigenvalue weighted by Gasteiger charge is -2.43. The van der Waals surface area contributed by atoms with Crippen LogP contribution in [0.4, 0.5) is 17.6 Å². The second-order valence-corrected chi connectivity index (χ2v) is 9.22. The molecule has 2 aliphatic heterocycles. The van der Waals surface area contributed by atoms with E-state index in [9.17, 15) is 27.8 Å². The second kappa shape index (κ2) is 11.0. The maximum Gasteiger partial charge on any atom is 0.195 e. The molecule has 5 rings (SSSR count). The van der Waals surface area contributed by atoms with Gasteiger partial charge >= 0.3 is 0 Å². The second-order valence-electron chi connectivity index (χ2n) is 9.22. The maximum atomic E-state index is 14.3. The zero-order chi connectivity index (χ0) is 27.0. The van der Waals surface area contributed by atoms with Crippen LogP contribution in [0.1, 0.15) is 24.2 Å². The van der Waals surface area contributed by atoms with Gasteiger partial charge in [-0.15, -0.1) is 10.2 Å². The molecule has 11 nitrogen and oxygen atoms in total. The van der Waals surface area contributed by atoms with Crippen molar-refractivity contribution in [2.24, 2.45) is 0 Å². The third-order valence-electron chi connectivity index (χ3n) is 6.92. The first kappa shape index (κ1) is 26.6. The first-order chi connectivity index (χ1) is 18.3. The van der Waals surface area contributed by atoms with Crippen LogP contribution in [0, 0.1) is 17.5 Å². The lowest BCUT2D eigenvalue weighted by atomic mass is 9.90. The molecule has 2 N–H and O–H groups in total. The summed E-state index contributed by atoms with van der Waals surface area (Å²) >= 11 is 0. The summed E-state index contributed by atoms with van der Waals surface area (Å²) in [6.45, 7) is -0.157. The minimum absolute atomic E-state index is 0.0244. The highest BCUT2D eigenvalue weighted by Crippen LogP contribution is 2.34. The molecule has 3 aromatic rings. The molecule has 0 spiro atoms. The van der Waals surface area contributed by atoms with E-state index in [-0.39, 0.29) is 24.3 Å². The number of aliphatic hydroxyl groups excluding tert-OH is 2. The van der Waals surface area contributed by atoms with Gasteiger partial charge in [-0.2, -0.15) is 0 Å². The molecule has 2 aliphatic rings. The normalized spacial score (nSPS) is 30.0. The fourth-order valence-corrected chi connectivity index (χ4v) is 4.96. The monoisotopic (exact) mass is 542 g/mol. The summed E-state index contributed by atoms with van der Waals surface area (Å²) in [6, 6.07) is 0.316. The Hall–Kier alpha value is -2.98. The van der Waals surface area contributed by atoms with Crippen LogP contribution in [-0.4, -0.2) is 97.7 Å². The molecule has 1 aromatic carbocycles. The molecule has 0 unspecified atom stereocenters. The standard InChI is InChI=1S/C23H26F4N6O5/c1-36-23-17(6-11-7-32(30-28-11)16-4-5-37-10-14(16)25)38-18(9-34)22(35)21(23)33-8-15(29-31-33)12-2-3-13(24)20(27)19(12)26/h2-3,7-8,14,16-18,21-23,34-35H,4-6,9-10H2,1H3/t14-,16-,17-,18-,21+,22+,23+/m1/s1. The van der Waals surface area contributed by atoms with Crippen LogP contribution in [-0.2, 0) is 20.6 Å². The van der Waals surface area contributed by atoms with Gasteiger partial charge in [-0.25, -0.2) is 26.9 Å². The number of rotatable bonds is 7. The SMILES string of the molecule is CO[C@@H]1[C@@H](n2cc(-c3ccc(F)c(F)c3F)nn2)[C@@H](O)[C@@H](CO)O[C@@H]1Cc1cn([C@@H]2CCOC[C@H]2F)nn1. The molecule has 2 saturated heterocycles. The van der Waals surface area contributed by atoms with Crippen LogP contribution >= 0.6 is 0 Å². The van der Waals surface area contributed by atoms with Gasteiger partial charge in [0, 0.05) is 31.9 Å². The average Bonchev–Trinajstić information content (AvgIpc) is 3.58. The van der Waals surface area contributed by atoms with Crippen molar-refractivity contribution in [2.45, 2.75) is 55.5 Å². The number of halogens is 4. The third kappa shape index (κ3) is 4.91. The number of aliphatic hydroxyl groups is 2. The van der Waals surface area contributed by atoms with Gasteiger partial charge in [0.1, 0.15) is 36.2 Å². The Balaban J connectivity index is 1.41. The molecule has 0 radical (unpaired) electrons. The van der Waals surface area contributed by atoms with E-state index in [1.807, 2.05) is 0 Å². The number of nitrogens with zero attached hydrogens (tertiary/aromatic N) is 6. The molecule has 15 heteroatoms. The van der Waals surface area contributed by atoms with Crippen LogP contribution in [0.3, 0.4) is 0 Å². The Bertz CT molecular complexity index is 1260. The van der Waals surface area contributed by atoms with E-state index in [0.29, 0.717) is 18.7 Å². The first-order valence-corrected chi connectivity index (χ1v) is 12.0. The Kier molecular flexibility index (Phi) is 7.72. The molecule has 2 aromatic heterocycles. The summed E-state index contributed by atoms with van der Waals surface area (Å²) < 4.78 is 75.1. The number of aromatic nitrogens is 6. The van der Waals surface area contributed by atoms with Gasteiger partial charge in [0.2, 0.25) is 0 Å². The van der Waals surface area contributed by atoms with Crippen LogP contribution < -0.4 is 0 Å². The highest BCUT2D eigenvalue weighted by Gasteiger charge is 2.47. The predicted molar refractivity (Wildman–Crippen MR) is 120 cm³/mol. The highest BCUT2D eigenvalue weighted by atomic mass is 19.2. The van der Waals surface area contributed by atoms with Crippen LogP contribution in [0.5, 0.6) is 0 Å². The Labute approximate surface area is 213 Å². The van der Waals surface area contributed by atoms with Crippen molar-refractivity contribution in [3.63, 3.8) is 0 Å². The van der Waals surface area contributed by atoms with E-state index in [1.165, 1.54) is 22.7 Å². The molecule has 206 valence electrons. The summed E-state index contributed by atoms with van der Waals surface area (Å²) in [6.07, 6.45) is -1.79. The van der Waals surface area contributed by atoms with Crippen LogP contribution in [0.15, 0.2) is 24.5 Å². The average molecular weight is 542 g/mol. The zero-order valence-corrected chi connectivity index (χ0v) is 20.2. The van der Waals surface area contributed by atoms with Gasteiger partial charge in [0.25, 0.3) is 0 Å². The van der Waals surface area contributed by atoms with Crippen LogP contribution in [0.25, 0.3) is 11.3 Å². The topological polar surface area (TPSA) is 130 Å². The Morgan fingerprint density at radius 3 is 2.61 bits per heavy atom. The number of hydrogen-bond donors (Lipinski definition) is 2. The van der Waals surface area contributed by atoms with E-state index in [4.69, 9.17) is 14.2 Å². The first-order valence-electron chi connectivity index (χ1n) is 12.0. The molecular weight excluding hydrogens is 516 g/mol. The lowest BCUT2D eigenvalue weighted by Crippen LogP contribution is -2.57. The van der Waals surface area contributed by atoms with Crippen molar-refractivity contribution in [1.82, 2.24) is 30.0 Å². The highest BCUT2D eigenvalue weighted by molar-refractivity contribution is 5.58. The van der Waals surface area contributed by atoms with Gasteiger partial charge in [0.15, 0.2) is 17.5 Å². The molecular formula is C23H26F4N6O5. The van der Waals surface area contributed by atoms with Crippen molar-refractivity contribution in [3.05, 3.63) is 47.7 Å². The summed E-state index contributed by atoms with van der Waals surface area (Å²) in [5, 5.41) is 36.8. The Morgan fingerprint density at radius 1 is 1.08 bits per heavy atom. The number of hydrogen-bond acceptors (Lipinski definition) is 9. The Morgan fingerprint density at radius 2 is 1.87 bits per heavy atom. The fraction of sp³-hybridized carbons (Fsp3) is 0.565. The minimum atomic E-state index is -1.65. The van der Waals surface area contributed by atoms with Crippen molar-refractivity contribution >= 4 is 0 Å². The van der Waals surface area contributed by atoms with E-state index in [0.717, 1.165) is 12.1 Å². The smallest absolute Gasteiger partial charge is 0.195 e. The number of benzene rings is 1. The third-order valence-corrected chi connectivity index (χ3v) is 6.92. The number of methoxy groups -OCH3 is 1. The minimum Gasteiger partial charge on any atom is -0.394 e. The molecule has 7 atom stereocenters. The van der Waals surface area contributed by atoms with Gasteiger partial charge < -0.3 is 24.4 Å². The van der Waals surface area contributed by atoms with Crippen molar-refractivity contribution < 1.29 is 42.0 Å². The molecule has 0 saturated carbocycles. The molecule has 0 aliphatic carbocycles. The van der Waals surface area contributed by atoms with Gasteiger partial charge in [-0.3, -0.25) is 0 Å². The number of ether oxygens (including phenoxy) is 3. The lowest BCUT2D eigenvalue weighted by molar-refractivity contribution is -0.212. The molecule has 2 fully saturated rings. The summed E-state index contributed by atoms with van der Waals surface area (Å²) in [5.74, 6) is -4.42. The van der Waals surface area contributed by atoms with Crippen LogP contribution in [0.2, 0.25) is 0 Å². The summed E-state index contributed by atoms with van der Waals surface area (Å²) in [7, 11) is 1.39. The number of alkyl halides is 1. The van der Waals surface area contributed by atoms with E-state index < -0.39 is 66.7 Å². The zero-order valence-electron chi connectivity index (χ0n) is 20.2. The quantitative estimate of drug-likeness (QED) is 0.334. The van der Waals surface area contributed by atoms with Crippen molar-refractivity contribution in [1.29, 1.82) is 0 Å². The van der Waals surface area contributed by atoms with E-state index in [1.54, 1.807) is 6.20 Å². The molecule has 0 amide bonds. The molecule has 0 bridgehead atoms. The van der Waals surface area contributed by atoms with Crippen molar-refractivity contribution in [3.8, 4) is 11.3 Å². The van der Waals surface area contributed by atoms with Crippen molar-refractivity contribution in [2.75, 3.05) is 26.9 Å². The van der Waals surface area contributed by atoms with E-state index in [2.05, 4.69) is 20.6 Å². The van der Waals surface area contributed by atoms with Gasteiger partial charge in [-0.05, 0) is 18.6 Å². The summed E-state index contributed by atoms with van der Waals surface area (Å²) in [4.78, 5) is 0. The van der Waals surface area contributed by atoms with Gasteiger partial charge in [0.05, 0.1) is 37.3 Å². The maximum absolute atomic E-state index is 14.3. The summed E-state index contributed by atoms with van der Waals surface area (Å²) in [5.41, 5.74) is 0.0368. The molecule has 4 heterocycles.